The Hall–Kier alpha value is -1.68. The van der Waals surface area contributed by atoms with Crippen LogP contribution in [0.15, 0.2) is 47.2 Å². The minimum absolute atomic E-state index is 0.104. The summed E-state index contributed by atoms with van der Waals surface area (Å²) < 4.78 is 0.572. The van der Waals surface area contributed by atoms with Crippen molar-refractivity contribution >= 4 is 21.8 Å². The fraction of sp³-hybridized carbons (Fsp3) is 0.200. The number of hydrogen-bond donors (Lipinski definition) is 1. The molecule has 19 heavy (non-hydrogen) atoms. The van der Waals surface area contributed by atoms with Gasteiger partial charge in [0.1, 0.15) is 4.60 Å². The Morgan fingerprint density at radius 1 is 1.32 bits per heavy atom. The van der Waals surface area contributed by atoms with Crippen molar-refractivity contribution in [3.8, 4) is 0 Å². The lowest BCUT2D eigenvalue weighted by Crippen LogP contribution is -2.26. The molecule has 2 aromatic rings. The Morgan fingerprint density at radius 2 is 2.16 bits per heavy atom. The summed E-state index contributed by atoms with van der Waals surface area (Å²) in [6, 6.07) is 11.8. The van der Waals surface area contributed by atoms with E-state index in [4.69, 9.17) is 0 Å². The molecule has 1 aromatic heterocycles. The fourth-order valence-corrected chi connectivity index (χ4v) is 2.27. The molecule has 0 aliphatic carbocycles. The maximum Gasteiger partial charge on any atom is 0.254 e. The second kappa shape index (κ2) is 6.48. The van der Waals surface area contributed by atoms with Crippen molar-refractivity contribution in [1.82, 2.24) is 10.3 Å². The number of nitrogens with one attached hydrogen (secondary N) is 1. The highest BCUT2D eigenvalue weighted by atomic mass is 79.9. The number of amides is 1. The van der Waals surface area contributed by atoms with Crippen LogP contribution in [-0.4, -0.2) is 17.4 Å². The van der Waals surface area contributed by atoms with E-state index in [1.165, 1.54) is 11.1 Å². The normalized spacial score (nSPS) is 10.2. The summed E-state index contributed by atoms with van der Waals surface area (Å²) in [5, 5.41) is 2.90. The van der Waals surface area contributed by atoms with E-state index in [9.17, 15) is 4.79 Å². The van der Waals surface area contributed by atoms with E-state index in [0.29, 0.717) is 16.7 Å². The van der Waals surface area contributed by atoms with Gasteiger partial charge in [-0.05, 0) is 47.0 Å². The predicted octanol–water partition coefficient (Wildman–Crippen LogP) is 3.13. The molecular weight excluding hydrogens is 304 g/mol. The van der Waals surface area contributed by atoms with Gasteiger partial charge >= 0.3 is 0 Å². The van der Waals surface area contributed by atoms with Crippen LogP contribution in [0.25, 0.3) is 0 Å². The maximum atomic E-state index is 11.9. The average molecular weight is 319 g/mol. The van der Waals surface area contributed by atoms with Gasteiger partial charge in [-0.15, -0.1) is 0 Å². The summed E-state index contributed by atoms with van der Waals surface area (Å²) in [6.45, 7) is 2.68. The quantitative estimate of drug-likeness (QED) is 0.880. The molecule has 4 heteroatoms. The van der Waals surface area contributed by atoms with Crippen molar-refractivity contribution in [2.24, 2.45) is 0 Å². The summed E-state index contributed by atoms with van der Waals surface area (Å²) in [4.78, 5) is 16.0. The molecule has 0 bridgehead atoms. The Labute approximate surface area is 121 Å². The van der Waals surface area contributed by atoms with Crippen LogP contribution < -0.4 is 5.32 Å². The van der Waals surface area contributed by atoms with E-state index in [-0.39, 0.29) is 5.91 Å². The van der Waals surface area contributed by atoms with Gasteiger partial charge in [-0.1, -0.05) is 29.8 Å². The number of aryl methyl sites for hydroxylation is 1. The lowest BCUT2D eigenvalue weighted by atomic mass is 10.1. The third kappa shape index (κ3) is 3.89. The molecule has 1 N–H and O–H groups in total. The molecule has 0 aliphatic heterocycles. The van der Waals surface area contributed by atoms with Gasteiger partial charge < -0.3 is 5.32 Å². The van der Waals surface area contributed by atoms with Crippen molar-refractivity contribution in [3.63, 3.8) is 0 Å². The number of carbonyl (C=O) groups is 1. The van der Waals surface area contributed by atoms with Crippen LogP contribution in [0.5, 0.6) is 0 Å². The van der Waals surface area contributed by atoms with Gasteiger partial charge in [0.25, 0.3) is 5.91 Å². The topological polar surface area (TPSA) is 42.0 Å². The molecular formula is C15H15BrN2O. The summed E-state index contributed by atoms with van der Waals surface area (Å²) in [6.07, 6.45) is 2.47. The van der Waals surface area contributed by atoms with E-state index in [2.05, 4.69) is 51.4 Å². The van der Waals surface area contributed by atoms with Crippen LogP contribution in [-0.2, 0) is 6.42 Å². The number of carbonyl (C=O) groups excluding carboxylic acids is 1. The highest BCUT2D eigenvalue weighted by Gasteiger charge is 2.09. The van der Waals surface area contributed by atoms with Crippen molar-refractivity contribution in [2.45, 2.75) is 13.3 Å². The van der Waals surface area contributed by atoms with E-state index in [1.807, 2.05) is 6.07 Å². The van der Waals surface area contributed by atoms with Crippen LogP contribution in [0, 0.1) is 6.92 Å². The maximum absolute atomic E-state index is 11.9. The number of rotatable bonds is 4. The molecule has 0 radical (unpaired) electrons. The molecule has 0 atom stereocenters. The van der Waals surface area contributed by atoms with Crippen LogP contribution >= 0.6 is 15.9 Å². The first-order valence-electron chi connectivity index (χ1n) is 6.11. The van der Waals surface area contributed by atoms with Crippen LogP contribution in [0.1, 0.15) is 21.5 Å². The van der Waals surface area contributed by atoms with Crippen LogP contribution in [0.3, 0.4) is 0 Å². The van der Waals surface area contributed by atoms with Crippen LogP contribution in [0.4, 0.5) is 0 Å². The lowest BCUT2D eigenvalue weighted by molar-refractivity contribution is 0.0953. The minimum atomic E-state index is -0.104. The highest BCUT2D eigenvalue weighted by Crippen LogP contribution is 2.12. The second-order valence-electron chi connectivity index (χ2n) is 4.34. The molecule has 3 nitrogen and oxygen atoms in total. The number of aromatic nitrogens is 1. The minimum Gasteiger partial charge on any atom is -0.352 e. The predicted molar refractivity (Wildman–Crippen MR) is 79.2 cm³/mol. The molecule has 0 aliphatic rings. The summed E-state index contributed by atoms with van der Waals surface area (Å²) in [5.41, 5.74) is 3.02. The van der Waals surface area contributed by atoms with Gasteiger partial charge in [-0.3, -0.25) is 4.79 Å². The van der Waals surface area contributed by atoms with Crippen molar-refractivity contribution in [2.75, 3.05) is 6.54 Å². The number of benzene rings is 1. The number of nitrogens with zero attached hydrogens (tertiary/aromatic N) is 1. The molecule has 0 saturated carbocycles. The third-order valence-corrected chi connectivity index (χ3v) is 3.42. The zero-order chi connectivity index (χ0) is 13.7. The summed E-state index contributed by atoms with van der Waals surface area (Å²) >= 11 is 3.27. The Kier molecular flexibility index (Phi) is 4.68. The number of halogens is 1. The average Bonchev–Trinajstić information content (AvgIpc) is 2.39. The third-order valence-electron chi connectivity index (χ3n) is 2.79. The Balaban J connectivity index is 1.90. The van der Waals surface area contributed by atoms with Gasteiger partial charge in [0.05, 0.1) is 5.56 Å². The molecule has 1 amide bonds. The first-order chi connectivity index (χ1) is 9.16. The summed E-state index contributed by atoms with van der Waals surface area (Å²) in [7, 11) is 0. The van der Waals surface area contributed by atoms with Crippen LogP contribution in [0.2, 0.25) is 0 Å². The zero-order valence-corrected chi connectivity index (χ0v) is 12.3. The largest absolute Gasteiger partial charge is 0.352 e. The fourth-order valence-electron chi connectivity index (χ4n) is 1.84. The summed E-state index contributed by atoms with van der Waals surface area (Å²) in [5.74, 6) is -0.104. The standard InChI is InChI=1S/C15H15BrN2O/c1-11-4-2-5-12(10-11)7-9-18-15(19)13-6-3-8-17-14(13)16/h2-6,8,10H,7,9H2,1H3,(H,18,19). The molecule has 0 spiro atoms. The van der Waals surface area contributed by atoms with Crippen molar-refractivity contribution in [3.05, 3.63) is 63.9 Å². The van der Waals surface area contributed by atoms with E-state index in [1.54, 1.807) is 18.3 Å². The molecule has 1 aromatic carbocycles. The number of hydrogen-bond acceptors (Lipinski definition) is 2. The van der Waals surface area contributed by atoms with Gasteiger partial charge in [-0.2, -0.15) is 0 Å². The first kappa shape index (κ1) is 13.7. The van der Waals surface area contributed by atoms with Gasteiger partial charge in [0.2, 0.25) is 0 Å². The Bertz CT molecular complexity index is 584. The molecule has 0 unspecified atom stereocenters. The monoisotopic (exact) mass is 318 g/mol. The highest BCUT2D eigenvalue weighted by molar-refractivity contribution is 9.10. The molecule has 0 saturated heterocycles. The van der Waals surface area contributed by atoms with Crippen molar-refractivity contribution < 1.29 is 4.79 Å². The van der Waals surface area contributed by atoms with Gasteiger partial charge in [-0.25, -0.2) is 4.98 Å². The van der Waals surface area contributed by atoms with Gasteiger partial charge in [0, 0.05) is 12.7 Å². The smallest absolute Gasteiger partial charge is 0.254 e. The van der Waals surface area contributed by atoms with E-state index >= 15 is 0 Å². The Morgan fingerprint density at radius 3 is 2.89 bits per heavy atom. The molecule has 1 heterocycles. The second-order valence-corrected chi connectivity index (χ2v) is 5.09. The molecule has 98 valence electrons. The molecule has 0 fully saturated rings. The number of pyridine rings is 1. The first-order valence-corrected chi connectivity index (χ1v) is 6.90. The molecule has 2 rings (SSSR count). The van der Waals surface area contributed by atoms with E-state index in [0.717, 1.165) is 6.42 Å². The van der Waals surface area contributed by atoms with E-state index < -0.39 is 0 Å². The van der Waals surface area contributed by atoms with Crippen molar-refractivity contribution in [1.29, 1.82) is 0 Å². The SMILES string of the molecule is Cc1cccc(CCNC(=O)c2cccnc2Br)c1. The van der Waals surface area contributed by atoms with Gasteiger partial charge in [0.15, 0.2) is 0 Å². The lowest BCUT2D eigenvalue weighted by Gasteiger charge is -2.06. The zero-order valence-electron chi connectivity index (χ0n) is 10.7.